The van der Waals surface area contributed by atoms with Crippen LogP contribution in [-0.2, 0) is 10.5 Å². The number of nitrogens with two attached hydrogens (primary N) is 1. The van der Waals surface area contributed by atoms with Gasteiger partial charge < -0.3 is 10.8 Å². The molecule has 1 fully saturated rings. The average molecular weight is 314 g/mol. The van der Waals surface area contributed by atoms with Crippen LogP contribution in [0.15, 0.2) is 24.3 Å². The molecule has 0 heterocycles. The summed E-state index contributed by atoms with van der Waals surface area (Å²) in [5.74, 6) is 1.13. The summed E-state index contributed by atoms with van der Waals surface area (Å²) in [7, 11) is 0. The second-order valence-corrected chi connectivity index (χ2v) is 6.94. The fourth-order valence-corrected chi connectivity index (χ4v) is 3.93. The first-order chi connectivity index (χ1) is 9.52. The maximum atomic E-state index is 11.3. The number of halogens is 1. The summed E-state index contributed by atoms with van der Waals surface area (Å²) >= 11 is 7.66. The first-order valence-electron chi connectivity index (χ1n) is 6.87. The molecule has 20 heavy (non-hydrogen) atoms. The second kappa shape index (κ2) is 6.83. The van der Waals surface area contributed by atoms with E-state index in [0.717, 1.165) is 35.8 Å². The van der Waals surface area contributed by atoms with Crippen LogP contribution < -0.4 is 5.73 Å². The van der Waals surface area contributed by atoms with Crippen molar-refractivity contribution < 1.29 is 9.90 Å². The zero-order valence-corrected chi connectivity index (χ0v) is 12.9. The van der Waals surface area contributed by atoms with Gasteiger partial charge in [-0.15, -0.1) is 0 Å². The Hall–Kier alpha value is -0.710. The van der Waals surface area contributed by atoms with Crippen LogP contribution in [0.4, 0.5) is 0 Å². The second-order valence-electron chi connectivity index (χ2n) is 5.40. The average Bonchev–Trinajstić information content (AvgIpc) is 2.80. The number of aliphatic carboxylic acids is 1. The van der Waals surface area contributed by atoms with Gasteiger partial charge in [0.2, 0.25) is 0 Å². The highest BCUT2D eigenvalue weighted by molar-refractivity contribution is 7.98. The van der Waals surface area contributed by atoms with Gasteiger partial charge >= 0.3 is 5.97 Å². The minimum absolute atomic E-state index is 0.109. The van der Waals surface area contributed by atoms with Crippen LogP contribution in [0.3, 0.4) is 0 Å². The zero-order chi connectivity index (χ0) is 14.6. The van der Waals surface area contributed by atoms with Crippen molar-refractivity contribution in [3.05, 3.63) is 34.9 Å². The van der Waals surface area contributed by atoms with E-state index in [1.807, 2.05) is 36.0 Å². The van der Waals surface area contributed by atoms with Crippen molar-refractivity contribution >= 4 is 29.3 Å². The molecule has 2 unspecified atom stereocenters. The van der Waals surface area contributed by atoms with E-state index in [9.17, 15) is 9.90 Å². The molecular formula is C15H20ClNO2S. The normalized spacial score (nSPS) is 25.8. The van der Waals surface area contributed by atoms with Crippen LogP contribution >= 0.6 is 23.4 Å². The fraction of sp³-hybridized carbons (Fsp3) is 0.533. The highest BCUT2D eigenvalue weighted by Gasteiger charge is 2.45. The molecule has 1 aliphatic rings. The van der Waals surface area contributed by atoms with Gasteiger partial charge in [0.15, 0.2) is 0 Å². The van der Waals surface area contributed by atoms with Crippen LogP contribution in [0, 0.1) is 5.92 Å². The van der Waals surface area contributed by atoms with Gasteiger partial charge in [0.05, 0.1) is 0 Å². The Morgan fingerprint density at radius 3 is 2.80 bits per heavy atom. The molecule has 1 aromatic carbocycles. The number of carbonyl (C=O) groups is 1. The molecular weight excluding hydrogens is 294 g/mol. The predicted octanol–water partition coefficient (Wildman–Crippen LogP) is 3.55. The Morgan fingerprint density at radius 2 is 2.15 bits per heavy atom. The Morgan fingerprint density at radius 1 is 1.45 bits per heavy atom. The Kier molecular flexibility index (Phi) is 5.35. The molecule has 0 aliphatic heterocycles. The molecule has 2 rings (SSSR count). The molecule has 110 valence electrons. The smallest absolute Gasteiger partial charge is 0.323 e. The van der Waals surface area contributed by atoms with Crippen molar-refractivity contribution in [2.24, 2.45) is 11.7 Å². The van der Waals surface area contributed by atoms with E-state index in [1.165, 1.54) is 5.56 Å². The van der Waals surface area contributed by atoms with Gasteiger partial charge in [0.1, 0.15) is 5.54 Å². The van der Waals surface area contributed by atoms with Crippen molar-refractivity contribution in [3.8, 4) is 0 Å². The molecule has 0 radical (unpaired) electrons. The molecule has 1 aliphatic carbocycles. The lowest BCUT2D eigenvalue weighted by atomic mass is 9.86. The molecule has 2 atom stereocenters. The van der Waals surface area contributed by atoms with Gasteiger partial charge in [-0.05, 0) is 48.6 Å². The maximum absolute atomic E-state index is 11.3. The highest BCUT2D eigenvalue weighted by Crippen LogP contribution is 2.37. The van der Waals surface area contributed by atoms with Crippen LogP contribution in [-0.4, -0.2) is 22.4 Å². The van der Waals surface area contributed by atoms with Crippen molar-refractivity contribution in [2.75, 3.05) is 5.75 Å². The molecule has 0 saturated heterocycles. The third-order valence-electron chi connectivity index (χ3n) is 4.06. The van der Waals surface area contributed by atoms with E-state index in [2.05, 4.69) is 0 Å². The Balaban J connectivity index is 1.76. The summed E-state index contributed by atoms with van der Waals surface area (Å²) in [6.07, 6.45) is 3.34. The Bertz CT molecular complexity index is 465. The topological polar surface area (TPSA) is 63.3 Å². The van der Waals surface area contributed by atoms with E-state index in [1.54, 1.807) is 0 Å². The van der Waals surface area contributed by atoms with Gasteiger partial charge in [0, 0.05) is 10.8 Å². The summed E-state index contributed by atoms with van der Waals surface area (Å²) in [4.78, 5) is 11.3. The monoisotopic (exact) mass is 313 g/mol. The summed E-state index contributed by atoms with van der Waals surface area (Å²) in [6, 6.07) is 7.83. The molecule has 0 amide bonds. The van der Waals surface area contributed by atoms with Gasteiger partial charge in [-0.2, -0.15) is 11.8 Å². The van der Waals surface area contributed by atoms with Crippen LogP contribution in [0.5, 0.6) is 0 Å². The molecule has 3 nitrogen and oxygen atoms in total. The fourth-order valence-electron chi connectivity index (χ4n) is 2.78. The number of rotatable bonds is 6. The predicted molar refractivity (Wildman–Crippen MR) is 84.1 cm³/mol. The van der Waals surface area contributed by atoms with Crippen molar-refractivity contribution in [1.82, 2.24) is 0 Å². The molecule has 0 spiro atoms. The summed E-state index contributed by atoms with van der Waals surface area (Å²) in [6.45, 7) is 0. The van der Waals surface area contributed by atoms with E-state index in [-0.39, 0.29) is 5.92 Å². The molecule has 5 heteroatoms. The number of hydrogen-bond acceptors (Lipinski definition) is 3. The third-order valence-corrected chi connectivity index (χ3v) is 5.38. The minimum atomic E-state index is -0.999. The number of carboxylic acids is 1. The first-order valence-corrected chi connectivity index (χ1v) is 8.40. The minimum Gasteiger partial charge on any atom is -0.480 e. The standard InChI is InChI=1S/C15H20ClNO2S/c16-13-5-3-11(4-6-13)10-20-9-7-12-2-1-8-15(12,17)14(18)19/h3-6,12H,1-2,7-10,17H2,(H,18,19). The van der Waals surface area contributed by atoms with Crippen LogP contribution in [0.25, 0.3) is 0 Å². The number of hydrogen-bond donors (Lipinski definition) is 2. The first kappa shape index (κ1) is 15.7. The third kappa shape index (κ3) is 3.68. The Labute approximate surface area is 128 Å². The van der Waals surface area contributed by atoms with Gasteiger partial charge in [-0.25, -0.2) is 0 Å². The summed E-state index contributed by atoms with van der Waals surface area (Å²) in [5, 5.41) is 10.0. The molecule has 0 aromatic heterocycles. The van der Waals surface area contributed by atoms with Gasteiger partial charge in [-0.1, -0.05) is 30.2 Å². The highest BCUT2D eigenvalue weighted by atomic mass is 35.5. The quantitative estimate of drug-likeness (QED) is 0.788. The van der Waals surface area contributed by atoms with E-state index in [0.29, 0.717) is 6.42 Å². The SMILES string of the molecule is NC1(C(=O)O)CCCC1CCSCc1ccc(Cl)cc1. The van der Waals surface area contributed by atoms with Gasteiger partial charge in [-0.3, -0.25) is 4.79 Å². The maximum Gasteiger partial charge on any atom is 0.323 e. The number of benzene rings is 1. The number of thioether (sulfide) groups is 1. The zero-order valence-electron chi connectivity index (χ0n) is 11.3. The summed E-state index contributed by atoms with van der Waals surface area (Å²) in [5.41, 5.74) is 6.27. The van der Waals surface area contributed by atoms with E-state index in [4.69, 9.17) is 17.3 Å². The lowest BCUT2D eigenvalue weighted by molar-refractivity contribution is -0.144. The van der Waals surface area contributed by atoms with Crippen molar-refractivity contribution in [3.63, 3.8) is 0 Å². The molecule has 3 N–H and O–H groups in total. The van der Waals surface area contributed by atoms with Crippen LogP contribution in [0.2, 0.25) is 5.02 Å². The lowest BCUT2D eigenvalue weighted by Crippen LogP contribution is -2.51. The van der Waals surface area contributed by atoms with Gasteiger partial charge in [0.25, 0.3) is 0 Å². The largest absolute Gasteiger partial charge is 0.480 e. The van der Waals surface area contributed by atoms with E-state index >= 15 is 0 Å². The van der Waals surface area contributed by atoms with Crippen molar-refractivity contribution in [2.45, 2.75) is 37.0 Å². The molecule has 1 aromatic rings. The lowest BCUT2D eigenvalue weighted by Gasteiger charge is -2.26. The number of carboxylic acid groups (broad SMARTS) is 1. The van der Waals surface area contributed by atoms with E-state index < -0.39 is 11.5 Å². The summed E-state index contributed by atoms with van der Waals surface area (Å²) < 4.78 is 0. The molecule has 0 bridgehead atoms. The van der Waals surface area contributed by atoms with Crippen molar-refractivity contribution in [1.29, 1.82) is 0 Å². The molecule has 1 saturated carbocycles. The van der Waals surface area contributed by atoms with Crippen LogP contribution in [0.1, 0.15) is 31.2 Å².